The van der Waals surface area contributed by atoms with Gasteiger partial charge in [0.05, 0.1) is 16.7 Å². The van der Waals surface area contributed by atoms with Crippen molar-refractivity contribution in [2.45, 2.75) is 25.8 Å². The second-order valence-electron chi connectivity index (χ2n) is 6.19. The Kier molecular flexibility index (Phi) is 3.90. The fourth-order valence-corrected chi connectivity index (χ4v) is 2.93. The van der Waals surface area contributed by atoms with Gasteiger partial charge in [-0.15, -0.1) is 0 Å². The van der Waals surface area contributed by atoms with Crippen LogP contribution in [0.1, 0.15) is 18.4 Å². The van der Waals surface area contributed by atoms with Crippen LogP contribution < -0.4 is 10.2 Å². The van der Waals surface area contributed by atoms with Crippen LogP contribution in [0.15, 0.2) is 6.07 Å². The Bertz CT molecular complexity index is 596. The van der Waals surface area contributed by atoms with Gasteiger partial charge in [0, 0.05) is 37.8 Å². The van der Waals surface area contributed by atoms with Gasteiger partial charge in [0.25, 0.3) is 5.69 Å². The Hall–Kier alpha value is -1.89. The monoisotopic (exact) mass is 308 g/mol. The molecule has 2 fully saturated rings. The number of piperazine rings is 1. The first-order chi connectivity index (χ1) is 10.5. The summed E-state index contributed by atoms with van der Waals surface area (Å²) in [6, 6.07) is 1.34. The molecule has 0 radical (unpaired) electrons. The summed E-state index contributed by atoms with van der Waals surface area (Å²) in [5, 5.41) is 14.4. The van der Waals surface area contributed by atoms with Crippen LogP contribution in [0.25, 0.3) is 0 Å². The number of anilines is 2. The molecular weight excluding hydrogens is 287 g/mol. The first kappa shape index (κ1) is 15.0. The molecule has 3 rings (SSSR count). The van der Waals surface area contributed by atoms with E-state index in [1.807, 2.05) is 11.9 Å². The van der Waals surface area contributed by atoms with Crippen molar-refractivity contribution in [3.8, 4) is 0 Å². The maximum absolute atomic E-state index is 14.5. The van der Waals surface area contributed by atoms with Gasteiger partial charge in [0.2, 0.25) is 0 Å². The summed E-state index contributed by atoms with van der Waals surface area (Å²) >= 11 is 0. The molecule has 0 atom stereocenters. The lowest BCUT2D eigenvalue weighted by atomic mass is 10.1. The first-order valence-corrected chi connectivity index (χ1v) is 7.65. The lowest BCUT2D eigenvalue weighted by Gasteiger charge is -2.35. The molecule has 0 aromatic heterocycles. The van der Waals surface area contributed by atoms with Crippen molar-refractivity contribution < 1.29 is 9.31 Å². The highest BCUT2D eigenvalue weighted by atomic mass is 19.1. The van der Waals surface area contributed by atoms with Crippen molar-refractivity contribution in [1.82, 2.24) is 4.90 Å². The predicted molar refractivity (Wildman–Crippen MR) is 84.1 cm³/mol. The van der Waals surface area contributed by atoms with Crippen LogP contribution in [0, 0.1) is 22.9 Å². The third-order valence-electron chi connectivity index (χ3n) is 4.42. The maximum atomic E-state index is 14.5. The molecule has 0 spiro atoms. The van der Waals surface area contributed by atoms with E-state index in [0.29, 0.717) is 16.9 Å². The number of benzene rings is 1. The highest BCUT2D eigenvalue weighted by molar-refractivity contribution is 5.76. The molecule has 0 amide bonds. The molecule has 120 valence electrons. The fraction of sp³-hybridized carbons (Fsp3) is 0.600. The molecular formula is C15H21FN4O2. The average Bonchev–Trinajstić information content (AvgIpc) is 3.27. The minimum atomic E-state index is -0.505. The van der Waals surface area contributed by atoms with E-state index in [9.17, 15) is 14.5 Å². The minimum absolute atomic E-state index is 0.167. The number of likely N-dealkylation sites (N-methyl/N-ethyl adjacent to an activating group) is 1. The Labute approximate surface area is 129 Å². The Morgan fingerprint density at radius 2 is 1.95 bits per heavy atom. The van der Waals surface area contributed by atoms with Crippen molar-refractivity contribution in [3.63, 3.8) is 0 Å². The number of hydrogen-bond acceptors (Lipinski definition) is 5. The van der Waals surface area contributed by atoms with Gasteiger partial charge in [-0.25, -0.2) is 4.39 Å². The molecule has 0 bridgehead atoms. The van der Waals surface area contributed by atoms with Gasteiger partial charge in [-0.05, 0) is 26.8 Å². The topological polar surface area (TPSA) is 61.7 Å². The van der Waals surface area contributed by atoms with Crippen molar-refractivity contribution >= 4 is 17.1 Å². The molecule has 22 heavy (non-hydrogen) atoms. The van der Waals surface area contributed by atoms with E-state index >= 15 is 0 Å². The van der Waals surface area contributed by atoms with E-state index in [1.165, 1.54) is 0 Å². The quantitative estimate of drug-likeness (QED) is 0.683. The summed E-state index contributed by atoms with van der Waals surface area (Å²) in [5.74, 6) is -0.505. The van der Waals surface area contributed by atoms with Gasteiger partial charge >= 0.3 is 0 Å². The zero-order valence-corrected chi connectivity index (χ0v) is 12.9. The van der Waals surface area contributed by atoms with Gasteiger partial charge < -0.3 is 15.1 Å². The number of nitrogens with zero attached hydrogens (tertiary/aromatic N) is 3. The molecule has 1 aromatic carbocycles. The Morgan fingerprint density at radius 3 is 2.50 bits per heavy atom. The summed E-state index contributed by atoms with van der Waals surface area (Å²) in [6.07, 6.45) is 2.02. The van der Waals surface area contributed by atoms with E-state index in [1.54, 1.807) is 6.92 Å². The second kappa shape index (κ2) is 5.72. The molecule has 1 heterocycles. The highest BCUT2D eigenvalue weighted by Gasteiger charge is 2.30. The predicted octanol–water partition coefficient (Wildman–Crippen LogP) is 2.37. The Morgan fingerprint density at radius 1 is 1.32 bits per heavy atom. The highest BCUT2D eigenvalue weighted by Crippen LogP contribution is 2.40. The van der Waals surface area contributed by atoms with E-state index < -0.39 is 10.7 Å². The van der Waals surface area contributed by atoms with Gasteiger partial charge in [-0.1, -0.05) is 0 Å². The summed E-state index contributed by atoms with van der Waals surface area (Å²) in [7, 11) is 2.04. The minimum Gasteiger partial charge on any atom is -0.376 e. The van der Waals surface area contributed by atoms with E-state index in [0.717, 1.165) is 45.1 Å². The lowest BCUT2D eigenvalue weighted by molar-refractivity contribution is -0.384. The summed E-state index contributed by atoms with van der Waals surface area (Å²) in [5.41, 5.74) is 1.45. The smallest absolute Gasteiger partial charge is 0.295 e. The normalized spacial score (nSPS) is 19.3. The van der Waals surface area contributed by atoms with E-state index in [4.69, 9.17) is 0 Å². The van der Waals surface area contributed by atoms with Crippen LogP contribution in [0.3, 0.4) is 0 Å². The molecule has 1 saturated carbocycles. The summed E-state index contributed by atoms with van der Waals surface area (Å²) in [4.78, 5) is 14.9. The average molecular weight is 308 g/mol. The third-order valence-corrected chi connectivity index (χ3v) is 4.42. The summed E-state index contributed by atoms with van der Waals surface area (Å²) in [6.45, 7) is 4.96. The molecule has 1 N–H and O–H groups in total. The fourth-order valence-electron chi connectivity index (χ4n) is 2.93. The zero-order chi connectivity index (χ0) is 15.9. The van der Waals surface area contributed by atoms with Crippen LogP contribution in [0.2, 0.25) is 0 Å². The molecule has 1 aromatic rings. The van der Waals surface area contributed by atoms with E-state index in [-0.39, 0.29) is 11.7 Å². The van der Waals surface area contributed by atoms with E-state index in [2.05, 4.69) is 10.2 Å². The van der Waals surface area contributed by atoms with Crippen LogP contribution >= 0.6 is 0 Å². The standard InChI is InChI=1S/C15H21FN4O2/c1-10-14(17-11-3-4-11)13(20(21)22)9-12(16)15(10)19-7-5-18(2)6-8-19/h9,11,17H,3-8H2,1-2H3. The van der Waals surface area contributed by atoms with Crippen LogP contribution in [-0.2, 0) is 0 Å². The van der Waals surface area contributed by atoms with Crippen LogP contribution in [-0.4, -0.2) is 49.1 Å². The molecule has 7 heteroatoms. The lowest BCUT2D eigenvalue weighted by Crippen LogP contribution is -2.45. The number of nitrogens with one attached hydrogen (secondary N) is 1. The number of nitro benzene ring substituents is 1. The van der Waals surface area contributed by atoms with Crippen molar-refractivity contribution in [1.29, 1.82) is 0 Å². The second-order valence-corrected chi connectivity index (χ2v) is 6.19. The van der Waals surface area contributed by atoms with Gasteiger partial charge in [0.1, 0.15) is 5.69 Å². The van der Waals surface area contributed by atoms with Crippen molar-refractivity contribution in [2.24, 2.45) is 0 Å². The molecule has 1 aliphatic heterocycles. The third kappa shape index (κ3) is 2.85. The van der Waals surface area contributed by atoms with Gasteiger partial charge in [-0.2, -0.15) is 0 Å². The van der Waals surface area contributed by atoms with Crippen molar-refractivity contribution in [2.75, 3.05) is 43.4 Å². The molecule has 0 unspecified atom stereocenters. The first-order valence-electron chi connectivity index (χ1n) is 7.65. The summed E-state index contributed by atoms with van der Waals surface area (Å²) < 4.78 is 14.5. The number of halogens is 1. The Balaban J connectivity index is 2.00. The van der Waals surface area contributed by atoms with Gasteiger partial charge in [-0.3, -0.25) is 10.1 Å². The molecule has 1 aliphatic carbocycles. The number of hydrogen-bond donors (Lipinski definition) is 1. The molecule has 1 saturated heterocycles. The maximum Gasteiger partial charge on any atom is 0.295 e. The largest absolute Gasteiger partial charge is 0.376 e. The number of nitro groups is 1. The SMILES string of the molecule is Cc1c(NC2CC2)c([N+](=O)[O-])cc(F)c1N1CCN(C)CC1. The number of rotatable bonds is 4. The molecule has 2 aliphatic rings. The van der Waals surface area contributed by atoms with Crippen LogP contribution in [0.5, 0.6) is 0 Å². The van der Waals surface area contributed by atoms with Crippen molar-refractivity contribution in [3.05, 3.63) is 27.6 Å². The van der Waals surface area contributed by atoms with Gasteiger partial charge in [0.15, 0.2) is 5.82 Å². The van der Waals surface area contributed by atoms with Crippen LogP contribution in [0.4, 0.5) is 21.5 Å². The molecule has 6 nitrogen and oxygen atoms in total. The zero-order valence-electron chi connectivity index (χ0n) is 12.9.